The number of esters is 1. The number of halogens is 1. The van der Waals surface area contributed by atoms with Gasteiger partial charge in [0, 0.05) is 26.0 Å². The van der Waals surface area contributed by atoms with Gasteiger partial charge in [0.05, 0.1) is 18.4 Å². The van der Waals surface area contributed by atoms with Gasteiger partial charge >= 0.3 is 5.97 Å². The van der Waals surface area contributed by atoms with Crippen LogP contribution >= 0.6 is 34.7 Å². The Labute approximate surface area is 211 Å². The largest absolute Gasteiger partial charge is 0.465 e. The Morgan fingerprint density at radius 1 is 1.06 bits per heavy atom. The van der Waals surface area contributed by atoms with Gasteiger partial charge in [0.25, 0.3) is 5.91 Å². The monoisotopic (exact) mass is 514 g/mol. The first-order chi connectivity index (χ1) is 16.4. The van der Waals surface area contributed by atoms with Crippen molar-refractivity contribution >= 4 is 63.2 Å². The van der Waals surface area contributed by atoms with Crippen LogP contribution in [-0.2, 0) is 22.4 Å². The van der Waals surface area contributed by atoms with Crippen LogP contribution in [0.25, 0.3) is 0 Å². The van der Waals surface area contributed by atoms with E-state index in [2.05, 4.69) is 10.6 Å². The zero-order valence-corrected chi connectivity index (χ0v) is 20.9. The molecule has 1 heterocycles. The van der Waals surface area contributed by atoms with Crippen molar-refractivity contribution in [3.63, 3.8) is 0 Å². The summed E-state index contributed by atoms with van der Waals surface area (Å²) in [6, 6.07) is 14.0. The maximum Gasteiger partial charge on any atom is 0.341 e. The van der Waals surface area contributed by atoms with Crippen LogP contribution in [0.5, 0.6) is 0 Å². The zero-order chi connectivity index (χ0) is 24.1. The first-order valence-corrected chi connectivity index (χ1v) is 12.9. The van der Waals surface area contributed by atoms with Crippen LogP contribution in [0.3, 0.4) is 0 Å². The number of carbonyl (C=O) groups excluding carboxylic acids is 3. The van der Waals surface area contributed by atoms with E-state index in [4.69, 9.17) is 16.3 Å². The number of anilines is 2. The smallest absolute Gasteiger partial charge is 0.341 e. The number of hydrogen-bond donors (Lipinski definition) is 2. The molecule has 2 N–H and O–H groups in total. The molecule has 1 aliphatic rings. The van der Waals surface area contributed by atoms with E-state index in [1.807, 2.05) is 18.2 Å². The van der Waals surface area contributed by atoms with Crippen LogP contribution in [0.15, 0.2) is 53.4 Å². The normalized spacial score (nSPS) is 12.5. The lowest BCUT2D eigenvalue weighted by atomic mass is 9.95. The van der Waals surface area contributed by atoms with Crippen molar-refractivity contribution in [2.75, 3.05) is 23.5 Å². The lowest BCUT2D eigenvalue weighted by Gasteiger charge is -2.11. The predicted molar refractivity (Wildman–Crippen MR) is 138 cm³/mol. The fourth-order valence-corrected chi connectivity index (χ4v) is 6.02. The van der Waals surface area contributed by atoms with Gasteiger partial charge in [-0.05, 0) is 67.6 Å². The number of nitrogens with one attached hydrogen (secondary N) is 2. The molecule has 1 aromatic heterocycles. The fourth-order valence-electron chi connectivity index (χ4n) is 3.78. The average molecular weight is 515 g/mol. The number of hydrogen-bond acceptors (Lipinski definition) is 6. The first kappa shape index (κ1) is 24.3. The van der Waals surface area contributed by atoms with Gasteiger partial charge in [0.1, 0.15) is 5.00 Å². The second-order valence-corrected chi connectivity index (χ2v) is 10.3. The number of amides is 2. The number of benzene rings is 2. The third-order valence-electron chi connectivity index (χ3n) is 5.36. The van der Waals surface area contributed by atoms with E-state index in [-0.39, 0.29) is 17.6 Å². The molecule has 4 rings (SSSR count). The summed E-state index contributed by atoms with van der Waals surface area (Å²) in [4.78, 5) is 39.5. The minimum atomic E-state index is -0.412. The summed E-state index contributed by atoms with van der Waals surface area (Å²) in [5.74, 6) is -0.721. The van der Waals surface area contributed by atoms with E-state index in [0.29, 0.717) is 26.8 Å². The maximum absolute atomic E-state index is 12.7. The third-order valence-corrected chi connectivity index (χ3v) is 7.80. The maximum atomic E-state index is 12.7. The van der Waals surface area contributed by atoms with Crippen LogP contribution in [-0.4, -0.2) is 30.6 Å². The second-order valence-electron chi connectivity index (χ2n) is 7.74. The number of rotatable bonds is 7. The van der Waals surface area contributed by atoms with Crippen molar-refractivity contribution in [1.82, 2.24) is 0 Å². The molecular weight excluding hydrogens is 492 g/mol. The highest BCUT2D eigenvalue weighted by atomic mass is 35.5. The van der Waals surface area contributed by atoms with E-state index in [1.165, 1.54) is 30.2 Å². The Morgan fingerprint density at radius 2 is 1.85 bits per heavy atom. The summed E-state index contributed by atoms with van der Waals surface area (Å²) in [6.45, 7) is 0. The lowest BCUT2D eigenvalue weighted by molar-refractivity contribution is -0.113. The molecule has 6 nitrogen and oxygen atoms in total. The van der Waals surface area contributed by atoms with Crippen molar-refractivity contribution in [1.29, 1.82) is 0 Å². The highest BCUT2D eigenvalue weighted by Crippen LogP contribution is 2.38. The number of thiophene rings is 1. The van der Waals surface area contributed by atoms with E-state index < -0.39 is 5.97 Å². The van der Waals surface area contributed by atoms with E-state index in [9.17, 15) is 14.4 Å². The van der Waals surface area contributed by atoms with Crippen molar-refractivity contribution in [3.8, 4) is 0 Å². The molecule has 0 radical (unpaired) electrons. The second kappa shape index (κ2) is 11.1. The Bertz CT molecular complexity index is 1240. The highest BCUT2D eigenvalue weighted by Gasteiger charge is 2.26. The van der Waals surface area contributed by atoms with Crippen LogP contribution in [0.4, 0.5) is 10.7 Å². The van der Waals surface area contributed by atoms with Gasteiger partial charge in [0.15, 0.2) is 0 Å². The minimum Gasteiger partial charge on any atom is -0.465 e. The molecular formula is C25H23ClN2O4S2. The Kier molecular flexibility index (Phi) is 7.92. The standard InChI is InChI=1S/C25H23ClN2O4S2/c1-32-25(31)22-19-10-2-3-11-20(19)34-24(22)28-21(29)14-33-18-9-5-8-17(13-18)27-23(30)15-6-4-7-16(26)12-15/h4-9,12-13H,2-3,10-11,14H2,1H3,(H,27,30)(H,28,29). The molecule has 2 amide bonds. The number of thioether (sulfide) groups is 1. The Balaban J connectivity index is 1.39. The van der Waals surface area contributed by atoms with Crippen molar-refractivity contribution in [2.45, 2.75) is 30.6 Å². The van der Waals surface area contributed by atoms with Crippen LogP contribution in [0, 0.1) is 0 Å². The Hall–Kier alpha value is -2.81. The molecule has 0 fully saturated rings. The molecule has 0 saturated carbocycles. The lowest BCUT2D eigenvalue weighted by Crippen LogP contribution is -2.16. The number of aryl methyl sites for hydroxylation is 1. The number of ether oxygens (including phenoxy) is 1. The summed E-state index contributed by atoms with van der Waals surface area (Å²) in [6.07, 6.45) is 3.86. The summed E-state index contributed by atoms with van der Waals surface area (Å²) < 4.78 is 4.96. The van der Waals surface area contributed by atoms with Gasteiger partial charge < -0.3 is 15.4 Å². The van der Waals surface area contributed by atoms with E-state index in [1.54, 1.807) is 30.3 Å². The summed E-state index contributed by atoms with van der Waals surface area (Å²) >= 11 is 8.78. The molecule has 176 valence electrons. The molecule has 2 aromatic carbocycles. The Morgan fingerprint density at radius 3 is 2.65 bits per heavy atom. The van der Waals surface area contributed by atoms with Gasteiger partial charge in [-0.2, -0.15) is 0 Å². The summed E-state index contributed by atoms with van der Waals surface area (Å²) in [5.41, 5.74) is 2.58. The van der Waals surface area contributed by atoms with Crippen LogP contribution < -0.4 is 10.6 Å². The zero-order valence-electron chi connectivity index (χ0n) is 18.5. The molecule has 0 spiro atoms. The van der Waals surface area contributed by atoms with Crippen molar-refractivity contribution < 1.29 is 19.1 Å². The molecule has 0 bridgehead atoms. The third kappa shape index (κ3) is 5.81. The predicted octanol–water partition coefficient (Wildman–Crippen LogP) is 6.05. The van der Waals surface area contributed by atoms with Gasteiger partial charge in [-0.1, -0.05) is 23.7 Å². The van der Waals surface area contributed by atoms with E-state index in [0.717, 1.165) is 41.0 Å². The van der Waals surface area contributed by atoms with Gasteiger partial charge in [-0.25, -0.2) is 4.79 Å². The quantitative estimate of drug-likeness (QED) is 0.296. The molecule has 0 saturated heterocycles. The molecule has 34 heavy (non-hydrogen) atoms. The topological polar surface area (TPSA) is 84.5 Å². The van der Waals surface area contributed by atoms with E-state index >= 15 is 0 Å². The van der Waals surface area contributed by atoms with Crippen molar-refractivity contribution in [3.05, 3.63) is 75.1 Å². The van der Waals surface area contributed by atoms with Gasteiger partial charge in [0.2, 0.25) is 5.91 Å². The molecule has 3 aromatic rings. The first-order valence-electron chi connectivity index (χ1n) is 10.8. The average Bonchev–Trinajstić information content (AvgIpc) is 3.20. The van der Waals surface area contributed by atoms with Crippen molar-refractivity contribution in [2.24, 2.45) is 0 Å². The molecule has 0 aliphatic heterocycles. The molecule has 9 heteroatoms. The molecule has 0 unspecified atom stereocenters. The number of carbonyl (C=O) groups is 3. The SMILES string of the molecule is COC(=O)c1c(NC(=O)CSc2cccc(NC(=O)c3cccc(Cl)c3)c2)sc2c1CCCC2. The van der Waals surface area contributed by atoms with Crippen LogP contribution in [0.1, 0.15) is 44.0 Å². The molecule has 1 aliphatic carbocycles. The molecule has 0 atom stereocenters. The highest BCUT2D eigenvalue weighted by molar-refractivity contribution is 8.00. The minimum absolute atomic E-state index is 0.162. The summed E-state index contributed by atoms with van der Waals surface area (Å²) in [5, 5.41) is 6.80. The number of methoxy groups -OCH3 is 1. The summed E-state index contributed by atoms with van der Waals surface area (Å²) in [7, 11) is 1.36. The van der Waals surface area contributed by atoms with Gasteiger partial charge in [-0.15, -0.1) is 23.1 Å². The van der Waals surface area contributed by atoms with Crippen LogP contribution in [0.2, 0.25) is 5.02 Å². The number of fused-ring (bicyclic) bond motifs is 1. The van der Waals surface area contributed by atoms with Gasteiger partial charge in [-0.3, -0.25) is 9.59 Å². The fraction of sp³-hybridized carbons (Fsp3) is 0.240.